The molecule has 2 aromatic rings. The van der Waals surface area contributed by atoms with Crippen molar-refractivity contribution in [2.75, 3.05) is 19.0 Å². The maximum atomic E-state index is 10.9. The van der Waals surface area contributed by atoms with Crippen LogP contribution in [0.2, 0.25) is 0 Å². The Kier molecular flexibility index (Phi) is 7.28. The molecular weight excluding hydrogens is 284 g/mol. The molecule has 0 radical (unpaired) electrons. The first kappa shape index (κ1) is 17.3. The standard InChI is InChI=1S/C9H9N3O2.C5H11N3/c1-14-9(13)12-8-10-6-4-2-3-5-7(6)11-8;1-5(2)3-4-7-8-6/h2-5H,1H3,(H2,10,11,12,13);5H,3-4H2,1-2H3. The van der Waals surface area contributed by atoms with Gasteiger partial charge in [0.2, 0.25) is 5.95 Å². The molecule has 2 N–H and O–H groups in total. The number of nitrogens with one attached hydrogen (secondary N) is 2. The van der Waals surface area contributed by atoms with E-state index in [0.717, 1.165) is 17.5 Å². The summed E-state index contributed by atoms with van der Waals surface area (Å²) < 4.78 is 4.44. The second-order valence-electron chi connectivity index (χ2n) is 4.86. The first-order valence-electron chi connectivity index (χ1n) is 6.87. The van der Waals surface area contributed by atoms with Crippen molar-refractivity contribution < 1.29 is 9.53 Å². The van der Waals surface area contributed by atoms with E-state index in [1.54, 1.807) is 0 Å². The molecule has 1 aromatic heterocycles. The normalized spacial score (nSPS) is 9.64. The number of aromatic amines is 1. The topological polar surface area (TPSA) is 116 Å². The van der Waals surface area contributed by atoms with E-state index >= 15 is 0 Å². The molecular formula is C14H20N6O2. The van der Waals surface area contributed by atoms with Crippen LogP contribution in [0.25, 0.3) is 21.5 Å². The van der Waals surface area contributed by atoms with Crippen molar-refractivity contribution in [2.45, 2.75) is 20.3 Å². The fourth-order valence-electron chi connectivity index (χ4n) is 1.52. The zero-order valence-corrected chi connectivity index (χ0v) is 12.9. The Balaban J connectivity index is 0.000000261. The highest BCUT2D eigenvalue weighted by Crippen LogP contribution is 2.12. The highest BCUT2D eigenvalue weighted by molar-refractivity contribution is 5.85. The van der Waals surface area contributed by atoms with Gasteiger partial charge < -0.3 is 9.72 Å². The van der Waals surface area contributed by atoms with E-state index in [0.29, 0.717) is 18.4 Å². The Morgan fingerprint density at radius 2 is 2.23 bits per heavy atom. The third-order valence-electron chi connectivity index (χ3n) is 2.66. The largest absolute Gasteiger partial charge is 0.453 e. The summed E-state index contributed by atoms with van der Waals surface area (Å²) in [4.78, 5) is 20.6. The quantitative estimate of drug-likeness (QED) is 0.503. The lowest BCUT2D eigenvalue weighted by Gasteiger charge is -1.96. The number of ether oxygens (including phenoxy) is 1. The zero-order valence-electron chi connectivity index (χ0n) is 12.9. The molecule has 8 heteroatoms. The Morgan fingerprint density at radius 1 is 1.50 bits per heavy atom. The number of carbonyl (C=O) groups excluding carboxylic acids is 1. The maximum Gasteiger partial charge on any atom is 0.413 e. The number of carbonyl (C=O) groups is 1. The van der Waals surface area contributed by atoms with E-state index < -0.39 is 6.09 Å². The number of H-pyrrole nitrogens is 1. The molecule has 0 unspecified atom stereocenters. The van der Waals surface area contributed by atoms with Crippen molar-refractivity contribution in [1.29, 1.82) is 0 Å². The fourth-order valence-corrected chi connectivity index (χ4v) is 1.52. The van der Waals surface area contributed by atoms with E-state index in [9.17, 15) is 4.79 Å². The summed E-state index contributed by atoms with van der Waals surface area (Å²) in [6.07, 6.45) is 0.452. The van der Waals surface area contributed by atoms with E-state index in [1.165, 1.54) is 7.11 Å². The number of para-hydroxylation sites is 2. The summed E-state index contributed by atoms with van der Waals surface area (Å²) in [7, 11) is 1.30. The van der Waals surface area contributed by atoms with Crippen molar-refractivity contribution in [2.24, 2.45) is 11.0 Å². The van der Waals surface area contributed by atoms with Gasteiger partial charge in [-0.1, -0.05) is 31.1 Å². The summed E-state index contributed by atoms with van der Waals surface area (Å²) >= 11 is 0. The average Bonchev–Trinajstić information content (AvgIpc) is 2.89. The van der Waals surface area contributed by atoms with Gasteiger partial charge in [-0.15, -0.1) is 0 Å². The van der Waals surface area contributed by atoms with Gasteiger partial charge in [-0.2, -0.15) is 0 Å². The van der Waals surface area contributed by atoms with Gasteiger partial charge in [0, 0.05) is 11.5 Å². The summed E-state index contributed by atoms with van der Waals surface area (Å²) in [6, 6.07) is 7.51. The number of fused-ring (bicyclic) bond motifs is 1. The molecule has 0 fully saturated rings. The van der Waals surface area contributed by atoms with E-state index in [-0.39, 0.29) is 0 Å². The fraction of sp³-hybridized carbons (Fsp3) is 0.429. The Labute approximate surface area is 128 Å². The van der Waals surface area contributed by atoms with Gasteiger partial charge in [-0.3, -0.25) is 5.32 Å². The first-order chi connectivity index (χ1) is 10.6. The summed E-state index contributed by atoms with van der Waals surface area (Å²) in [5.74, 6) is 1.03. The summed E-state index contributed by atoms with van der Waals surface area (Å²) in [5, 5.41) is 5.85. The lowest BCUT2D eigenvalue weighted by Crippen LogP contribution is -2.11. The zero-order chi connectivity index (χ0) is 16.4. The van der Waals surface area contributed by atoms with Crippen LogP contribution in [0.15, 0.2) is 29.4 Å². The SMILES string of the molecule is CC(C)CCN=[N+]=[N-].COC(=O)Nc1nc2ccccc2[nH]1. The van der Waals surface area contributed by atoms with E-state index in [2.05, 4.69) is 43.9 Å². The van der Waals surface area contributed by atoms with Gasteiger partial charge in [-0.25, -0.2) is 9.78 Å². The molecule has 2 rings (SSSR count). The van der Waals surface area contributed by atoms with Gasteiger partial charge in [0.1, 0.15) is 0 Å². The molecule has 0 aliphatic carbocycles. The third-order valence-corrected chi connectivity index (χ3v) is 2.66. The van der Waals surface area contributed by atoms with Crippen LogP contribution in [0, 0.1) is 5.92 Å². The number of rotatable bonds is 4. The number of amides is 1. The maximum absolute atomic E-state index is 10.9. The molecule has 1 heterocycles. The number of azide groups is 1. The molecule has 0 spiro atoms. The number of nitrogens with zero attached hydrogens (tertiary/aromatic N) is 4. The summed E-state index contributed by atoms with van der Waals surface area (Å²) in [6.45, 7) is 4.84. The van der Waals surface area contributed by atoms with Gasteiger partial charge in [-0.05, 0) is 30.0 Å². The summed E-state index contributed by atoms with van der Waals surface area (Å²) in [5.41, 5.74) is 9.52. The van der Waals surface area contributed by atoms with Crippen LogP contribution in [-0.2, 0) is 4.74 Å². The Bertz CT molecular complexity index is 613. The van der Waals surface area contributed by atoms with Crippen molar-refractivity contribution in [3.05, 3.63) is 34.7 Å². The lowest BCUT2D eigenvalue weighted by molar-refractivity contribution is 0.186. The Morgan fingerprint density at radius 3 is 2.82 bits per heavy atom. The van der Waals surface area contributed by atoms with Crippen LogP contribution in [0.3, 0.4) is 0 Å². The van der Waals surface area contributed by atoms with Gasteiger partial charge in [0.25, 0.3) is 0 Å². The number of hydrogen-bond acceptors (Lipinski definition) is 4. The third kappa shape index (κ3) is 6.15. The second-order valence-corrected chi connectivity index (χ2v) is 4.86. The molecule has 1 aromatic carbocycles. The molecule has 118 valence electrons. The van der Waals surface area contributed by atoms with E-state index in [1.807, 2.05) is 24.3 Å². The van der Waals surface area contributed by atoms with Crippen LogP contribution in [0.5, 0.6) is 0 Å². The van der Waals surface area contributed by atoms with Crippen LogP contribution in [-0.4, -0.2) is 29.7 Å². The number of benzene rings is 1. The molecule has 0 atom stereocenters. The van der Waals surface area contributed by atoms with Crippen molar-refractivity contribution >= 4 is 23.1 Å². The molecule has 0 aliphatic rings. The predicted molar refractivity (Wildman–Crippen MR) is 85.6 cm³/mol. The van der Waals surface area contributed by atoms with Crippen LogP contribution in [0.4, 0.5) is 10.7 Å². The highest BCUT2D eigenvalue weighted by atomic mass is 16.5. The first-order valence-corrected chi connectivity index (χ1v) is 6.87. The van der Waals surface area contributed by atoms with Crippen molar-refractivity contribution in [3.8, 4) is 0 Å². The number of imidazole rings is 1. The van der Waals surface area contributed by atoms with Crippen LogP contribution < -0.4 is 5.32 Å². The van der Waals surface area contributed by atoms with Crippen LogP contribution >= 0.6 is 0 Å². The van der Waals surface area contributed by atoms with Gasteiger partial charge >= 0.3 is 6.09 Å². The highest BCUT2D eigenvalue weighted by Gasteiger charge is 2.04. The number of anilines is 1. The number of aromatic nitrogens is 2. The minimum atomic E-state index is -0.538. The predicted octanol–water partition coefficient (Wildman–Crippen LogP) is 4.08. The average molecular weight is 304 g/mol. The van der Waals surface area contributed by atoms with Gasteiger partial charge in [0.05, 0.1) is 18.1 Å². The molecule has 22 heavy (non-hydrogen) atoms. The molecule has 1 amide bonds. The molecule has 0 aliphatic heterocycles. The second kappa shape index (κ2) is 9.25. The minimum Gasteiger partial charge on any atom is -0.453 e. The lowest BCUT2D eigenvalue weighted by atomic mass is 10.1. The van der Waals surface area contributed by atoms with E-state index in [4.69, 9.17) is 5.53 Å². The molecule has 0 saturated carbocycles. The number of hydrogen-bond donors (Lipinski definition) is 2. The smallest absolute Gasteiger partial charge is 0.413 e. The van der Waals surface area contributed by atoms with Crippen LogP contribution in [0.1, 0.15) is 20.3 Å². The Hall–Kier alpha value is -2.73. The number of methoxy groups -OCH3 is 1. The molecule has 0 saturated heterocycles. The van der Waals surface area contributed by atoms with Crippen molar-refractivity contribution in [1.82, 2.24) is 9.97 Å². The monoisotopic (exact) mass is 304 g/mol. The molecule has 8 nitrogen and oxygen atoms in total. The van der Waals surface area contributed by atoms with Crippen molar-refractivity contribution in [3.63, 3.8) is 0 Å². The van der Waals surface area contributed by atoms with Gasteiger partial charge in [0.15, 0.2) is 0 Å². The molecule has 0 bridgehead atoms. The minimum absolute atomic E-state index is 0.387.